The van der Waals surface area contributed by atoms with Crippen LogP contribution in [-0.2, 0) is 0 Å². The zero-order valence-electron chi connectivity index (χ0n) is 10.8. The maximum absolute atomic E-state index is 13.4. The van der Waals surface area contributed by atoms with Crippen molar-refractivity contribution in [1.29, 1.82) is 0 Å². The summed E-state index contributed by atoms with van der Waals surface area (Å²) in [6.45, 7) is 1.69. The standard InChI is InChI=1S/C15H20FNO/c1-11-5-6-12(9-13(11)16)14(18)10-15(17)7-3-2-4-8-15/h5-6,9H,2-4,7-8,10,17H2,1H3. The van der Waals surface area contributed by atoms with Gasteiger partial charge < -0.3 is 5.73 Å². The van der Waals surface area contributed by atoms with E-state index in [0.29, 0.717) is 17.5 Å². The van der Waals surface area contributed by atoms with Crippen molar-refractivity contribution in [1.82, 2.24) is 0 Å². The van der Waals surface area contributed by atoms with Crippen molar-refractivity contribution < 1.29 is 9.18 Å². The first-order valence-electron chi connectivity index (χ1n) is 6.58. The predicted octanol–water partition coefficient (Wildman–Crippen LogP) is 3.37. The number of rotatable bonds is 3. The van der Waals surface area contributed by atoms with Gasteiger partial charge in [-0.1, -0.05) is 31.4 Å². The molecule has 1 aromatic rings. The van der Waals surface area contributed by atoms with Crippen LogP contribution in [0.2, 0.25) is 0 Å². The zero-order valence-corrected chi connectivity index (χ0v) is 10.8. The molecule has 0 aromatic heterocycles. The molecule has 0 bridgehead atoms. The summed E-state index contributed by atoms with van der Waals surface area (Å²) in [4.78, 5) is 12.1. The van der Waals surface area contributed by atoms with Crippen molar-refractivity contribution in [3.63, 3.8) is 0 Å². The minimum atomic E-state index is -0.378. The maximum Gasteiger partial charge on any atom is 0.164 e. The molecule has 0 heterocycles. The number of hydrogen-bond donors (Lipinski definition) is 1. The molecule has 1 saturated carbocycles. The summed E-state index contributed by atoms with van der Waals surface area (Å²) >= 11 is 0. The van der Waals surface area contributed by atoms with Gasteiger partial charge in [0.15, 0.2) is 5.78 Å². The quantitative estimate of drug-likeness (QED) is 0.835. The highest BCUT2D eigenvalue weighted by atomic mass is 19.1. The molecule has 0 saturated heterocycles. The summed E-state index contributed by atoms with van der Waals surface area (Å²) in [6.07, 6.45) is 5.50. The van der Waals surface area contributed by atoms with Crippen LogP contribution in [0.3, 0.4) is 0 Å². The fourth-order valence-electron chi connectivity index (χ4n) is 2.62. The van der Waals surface area contributed by atoms with E-state index in [9.17, 15) is 9.18 Å². The van der Waals surface area contributed by atoms with E-state index in [0.717, 1.165) is 25.7 Å². The topological polar surface area (TPSA) is 43.1 Å². The summed E-state index contributed by atoms with van der Waals surface area (Å²) in [7, 11) is 0. The molecule has 0 aliphatic heterocycles. The number of benzene rings is 1. The van der Waals surface area contributed by atoms with E-state index >= 15 is 0 Å². The Morgan fingerprint density at radius 1 is 1.33 bits per heavy atom. The van der Waals surface area contributed by atoms with Crippen molar-refractivity contribution in [3.05, 3.63) is 35.1 Å². The van der Waals surface area contributed by atoms with Crippen molar-refractivity contribution >= 4 is 5.78 Å². The van der Waals surface area contributed by atoms with Crippen LogP contribution >= 0.6 is 0 Å². The third-order valence-electron chi connectivity index (χ3n) is 3.86. The first-order chi connectivity index (χ1) is 8.50. The van der Waals surface area contributed by atoms with Gasteiger partial charge in [-0.2, -0.15) is 0 Å². The van der Waals surface area contributed by atoms with Gasteiger partial charge in [0.05, 0.1) is 0 Å². The molecule has 0 unspecified atom stereocenters. The van der Waals surface area contributed by atoms with Gasteiger partial charge in [0.25, 0.3) is 0 Å². The first kappa shape index (κ1) is 13.2. The molecule has 2 nitrogen and oxygen atoms in total. The third kappa shape index (κ3) is 2.96. The van der Waals surface area contributed by atoms with Gasteiger partial charge in [-0.25, -0.2) is 4.39 Å². The van der Waals surface area contributed by atoms with Gasteiger partial charge in [0.2, 0.25) is 0 Å². The molecule has 1 fully saturated rings. The van der Waals surface area contributed by atoms with E-state index in [1.807, 2.05) is 0 Å². The van der Waals surface area contributed by atoms with Gasteiger partial charge in [-0.05, 0) is 31.4 Å². The molecule has 1 aliphatic rings. The lowest BCUT2D eigenvalue weighted by Gasteiger charge is -2.32. The Labute approximate surface area is 107 Å². The Bertz CT molecular complexity index is 450. The van der Waals surface area contributed by atoms with E-state index in [4.69, 9.17) is 5.73 Å². The van der Waals surface area contributed by atoms with E-state index in [1.54, 1.807) is 19.1 Å². The van der Waals surface area contributed by atoms with Gasteiger partial charge in [-0.15, -0.1) is 0 Å². The highest BCUT2D eigenvalue weighted by Gasteiger charge is 2.30. The number of halogens is 1. The summed E-state index contributed by atoms with van der Waals surface area (Å²) in [5.74, 6) is -0.367. The molecule has 0 spiro atoms. The molecule has 0 amide bonds. The molecular formula is C15H20FNO. The molecule has 18 heavy (non-hydrogen) atoms. The average molecular weight is 249 g/mol. The van der Waals surface area contributed by atoms with Crippen molar-refractivity contribution in [2.45, 2.75) is 51.0 Å². The van der Waals surface area contributed by atoms with Gasteiger partial charge in [0, 0.05) is 17.5 Å². The third-order valence-corrected chi connectivity index (χ3v) is 3.86. The smallest absolute Gasteiger partial charge is 0.164 e. The lowest BCUT2D eigenvalue weighted by atomic mass is 9.78. The van der Waals surface area contributed by atoms with E-state index in [-0.39, 0.29) is 17.1 Å². The minimum absolute atomic E-state index is 0.0432. The lowest BCUT2D eigenvalue weighted by molar-refractivity contribution is 0.0934. The normalized spacial score (nSPS) is 18.6. The Balaban J connectivity index is 2.09. The average Bonchev–Trinajstić information content (AvgIpc) is 2.33. The Kier molecular flexibility index (Phi) is 3.81. The van der Waals surface area contributed by atoms with Crippen LogP contribution in [0, 0.1) is 12.7 Å². The maximum atomic E-state index is 13.4. The van der Waals surface area contributed by atoms with Crippen molar-refractivity contribution in [2.75, 3.05) is 0 Å². The minimum Gasteiger partial charge on any atom is -0.325 e. The van der Waals surface area contributed by atoms with Crippen LogP contribution in [0.1, 0.15) is 54.4 Å². The predicted molar refractivity (Wildman–Crippen MR) is 70.1 cm³/mol. The monoisotopic (exact) mass is 249 g/mol. The summed E-state index contributed by atoms with van der Waals surface area (Å²) in [5, 5.41) is 0. The molecule has 98 valence electrons. The zero-order chi connectivity index (χ0) is 13.2. The Morgan fingerprint density at radius 3 is 2.61 bits per heavy atom. The molecule has 2 N–H and O–H groups in total. The summed E-state index contributed by atoms with van der Waals surface area (Å²) < 4.78 is 13.4. The highest BCUT2D eigenvalue weighted by Crippen LogP contribution is 2.29. The number of aryl methyl sites for hydroxylation is 1. The number of Topliss-reactive ketones (excluding diaryl/α,β-unsaturated/α-hetero) is 1. The summed E-state index contributed by atoms with van der Waals surface area (Å²) in [6, 6.07) is 4.66. The lowest BCUT2D eigenvalue weighted by Crippen LogP contribution is -2.43. The molecule has 1 aliphatic carbocycles. The van der Waals surface area contributed by atoms with Crippen LogP contribution in [-0.4, -0.2) is 11.3 Å². The first-order valence-corrected chi connectivity index (χ1v) is 6.58. The van der Waals surface area contributed by atoms with E-state index in [1.165, 1.54) is 12.5 Å². The fraction of sp³-hybridized carbons (Fsp3) is 0.533. The van der Waals surface area contributed by atoms with Gasteiger partial charge in [-0.3, -0.25) is 4.79 Å². The SMILES string of the molecule is Cc1ccc(C(=O)CC2(N)CCCCC2)cc1F. The number of nitrogens with two attached hydrogens (primary N) is 1. The Hall–Kier alpha value is -1.22. The highest BCUT2D eigenvalue weighted by molar-refractivity contribution is 5.96. The van der Waals surface area contributed by atoms with Crippen LogP contribution < -0.4 is 5.73 Å². The van der Waals surface area contributed by atoms with E-state index in [2.05, 4.69) is 0 Å². The van der Waals surface area contributed by atoms with Gasteiger partial charge in [0.1, 0.15) is 5.82 Å². The van der Waals surface area contributed by atoms with Crippen molar-refractivity contribution in [2.24, 2.45) is 5.73 Å². The second kappa shape index (κ2) is 5.19. The summed E-state index contributed by atoms with van der Waals surface area (Å²) in [5.41, 5.74) is 6.87. The van der Waals surface area contributed by atoms with Crippen LogP contribution in [0.4, 0.5) is 4.39 Å². The molecule has 1 aromatic carbocycles. The molecule has 0 radical (unpaired) electrons. The second-order valence-electron chi connectivity index (χ2n) is 5.49. The second-order valence-corrected chi connectivity index (χ2v) is 5.49. The molecule has 2 rings (SSSR count). The molecule has 0 atom stereocenters. The number of hydrogen-bond acceptors (Lipinski definition) is 2. The number of carbonyl (C=O) groups is 1. The van der Waals surface area contributed by atoms with Crippen molar-refractivity contribution in [3.8, 4) is 0 Å². The number of ketones is 1. The number of carbonyl (C=O) groups excluding carboxylic acids is 1. The van der Waals surface area contributed by atoms with Crippen LogP contribution in [0.5, 0.6) is 0 Å². The van der Waals surface area contributed by atoms with Crippen LogP contribution in [0.15, 0.2) is 18.2 Å². The largest absolute Gasteiger partial charge is 0.325 e. The molecule has 3 heteroatoms. The Morgan fingerprint density at radius 2 is 2.00 bits per heavy atom. The van der Waals surface area contributed by atoms with Crippen LogP contribution in [0.25, 0.3) is 0 Å². The van der Waals surface area contributed by atoms with Gasteiger partial charge >= 0.3 is 0 Å². The fourth-order valence-corrected chi connectivity index (χ4v) is 2.62. The van der Waals surface area contributed by atoms with E-state index < -0.39 is 0 Å². The molecular weight excluding hydrogens is 229 g/mol.